The van der Waals surface area contributed by atoms with Gasteiger partial charge in [-0.2, -0.15) is 0 Å². The van der Waals surface area contributed by atoms with Crippen LogP contribution in [0.1, 0.15) is 25.1 Å². The van der Waals surface area contributed by atoms with Gasteiger partial charge >= 0.3 is 0 Å². The lowest BCUT2D eigenvalue weighted by atomic mass is 10.2. The molecule has 1 aromatic rings. The van der Waals surface area contributed by atoms with E-state index in [9.17, 15) is 0 Å². The molecule has 0 radical (unpaired) electrons. The topological polar surface area (TPSA) is 22.1 Å². The third kappa shape index (κ3) is 2.49. The molecule has 70 valence electrons. The first-order chi connectivity index (χ1) is 6.15. The molecule has 0 saturated carbocycles. The second kappa shape index (κ2) is 4.33. The van der Waals surface area contributed by atoms with Gasteiger partial charge < -0.3 is 4.74 Å². The average Bonchev–Trinajstić information content (AvgIpc) is 2.04. The lowest BCUT2D eigenvalue weighted by molar-refractivity contribution is 0.339. The number of aromatic nitrogens is 1. The van der Waals surface area contributed by atoms with Gasteiger partial charge in [-0.05, 0) is 20.8 Å². The monoisotopic (exact) mass is 195 g/mol. The van der Waals surface area contributed by atoms with Gasteiger partial charge in [0.2, 0.25) is 0 Å². The van der Waals surface area contributed by atoms with Gasteiger partial charge in [-0.1, -0.05) is 12.2 Å². The molecule has 13 heavy (non-hydrogen) atoms. The fourth-order valence-electron chi connectivity index (χ4n) is 1.07. The van der Waals surface area contributed by atoms with Crippen molar-refractivity contribution >= 4 is 17.1 Å². The van der Waals surface area contributed by atoms with Crippen molar-refractivity contribution in [1.29, 1.82) is 0 Å². The normalized spacial score (nSPS) is 9.77. The number of pyridine rings is 1. The predicted octanol–water partition coefficient (Wildman–Crippen LogP) is 2.53. The maximum Gasteiger partial charge on any atom is 0.130 e. The summed E-state index contributed by atoms with van der Waals surface area (Å²) in [5, 5.41) is 0. The molecule has 1 rings (SSSR count). The number of ether oxygens (including phenoxy) is 1. The Kier molecular flexibility index (Phi) is 3.37. The van der Waals surface area contributed by atoms with Gasteiger partial charge in [-0.15, -0.1) is 0 Å². The van der Waals surface area contributed by atoms with Crippen LogP contribution < -0.4 is 4.74 Å². The number of rotatable bonds is 3. The number of hydrogen-bond donors (Lipinski definition) is 0. The van der Waals surface area contributed by atoms with Crippen LogP contribution >= 0.6 is 12.2 Å². The lowest BCUT2D eigenvalue weighted by Gasteiger charge is -2.08. The maximum absolute atomic E-state index is 5.45. The quantitative estimate of drug-likeness (QED) is 0.546. The van der Waals surface area contributed by atoms with Crippen molar-refractivity contribution in [3.8, 4) is 5.75 Å². The fraction of sp³-hybridized carbons (Fsp3) is 0.400. The van der Waals surface area contributed by atoms with Crippen molar-refractivity contribution in [1.82, 2.24) is 4.98 Å². The van der Waals surface area contributed by atoms with E-state index in [1.165, 1.54) is 0 Å². The molecule has 0 amide bonds. The molecule has 0 unspecified atom stereocenters. The Labute approximate surface area is 83.9 Å². The van der Waals surface area contributed by atoms with Crippen molar-refractivity contribution in [3.05, 3.63) is 23.5 Å². The summed E-state index contributed by atoms with van der Waals surface area (Å²) in [5.74, 6) is 0.836. The van der Waals surface area contributed by atoms with E-state index in [4.69, 9.17) is 17.0 Å². The predicted molar refractivity (Wildman–Crippen MR) is 57.5 cm³/mol. The van der Waals surface area contributed by atoms with Gasteiger partial charge in [0.1, 0.15) is 5.75 Å². The molecule has 0 spiro atoms. The first-order valence-corrected chi connectivity index (χ1v) is 4.66. The Bertz CT molecular complexity index is 323. The Morgan fingerprint density at radius 3 is 2.85 bits per heavy atom. The Hall–Kier alpha value is -0.960. The molecule has 3 heteroatoms. The Morgan fingerprint density at radius 2 is 2.31 bits per heavy atom. The number of thiocarbonyl (C=S) groups is 1. The maximum atomic E-state index is 5.45. The number of hydrogen-bond acceptors (Lipinski definition) is 3. The van der Waals surface area contributed by atoms with E-state index < -0.39 is 0 Å². The fourth-order valence-corrected chi connectivity index (χ4v) is 1.23. The van der Waals surface area contributed by atoms with Crippen LogP contribution in [-0.2, 0) is 0 Å². The summed E-state index contributed by atoms with van der Waals surface area (Å²) < 4.78 is 5.45. The second-order valence-corrected chi connectivity index (χ2v) is 3.42. The second-order valence-electron chi connectivity index (χ2n) is 2.81. The minimum Gasteiger partial charge on any atom is -0.493 e. The molecule has 0 aliphatic carbocycles. The van der Waals surface area contributed by atoms with Crippen LogP contribution in [-0.4, -0.2) is 16.5 Å². The highest BCUT2D eigenvalue weighted by molar-refractivity contribution is 7.80. The highest BCUT2D eigenvalue weighted by Gasteiger charge is 2.05. The third-order valence-electron chi connectivity index (χ3n) is 1.68. The standard InChI is InChI=1S/C10H13NOS/c1-4-12-10-5-7(2)11-6-9(10)8(3)13/h5-6H,4H2,1-3H3. The van der Waals surface area contributed by atoms with Gasteiger partial charge in [-0.3, -0.25) is 4.98 Å². The van der Waals surface area contributed by atoms with E-state index >= 15 is 0 Å². The zero-order valence-corrected chi connectivity index (χ0v) is 8.94. The van der Waals surface area contributed by atoms with E-state index in [0.717, 1.165) is 21.9 Å². The van der Waals surface area contributed by atoms with Gasteiger partial charge in [0, 0.05) is 28.4 Å². The van der Waals surface area contributed by atoms with E-state index in [0.29, 0.717) is 6.61 Å². The molecular formula is C10H13NOS. The SMILES string of the molecule is CCOc1cc(C)ncc1C(C)=S. The molecular weight excluding hydrogens is 182 g/mol. The Balaban J connectivity index is 3.10. The van der Waals surface area contributed by atoms with E-state index in [1.54, 1.807) is 6.20 Å². The summed E-state index contributed by atoms with van der Waals surface area (Å²) in [5.41, 5.74) is 1.87. The molecule has 0 aliphatic heterocycles. The van der Waals surface area contributed by atoms with E-state index in [1.807, 2.05) is 26.8 Å². The Morgan fingerprint density at radius 1 is 1.62 bits per heavy atom. The van der Waals surface area contributed by atoms with Crippen LogP contribution in [0.2, 0.25) is 0 Å². The summed E-state index contributed by atoms with van der Waals surface area (Å²) in [4.78, 5) is 4.99. The van der Waals surface area contributed by atoms with Crippen LogP contribution in [0.15, 0.2) is 12.3 Å². The molecule has 2 nitrogen and oxygen atoms in total. The zero-order chi connectivity index (χ0) is 9.84. The third-order valence-corrected chi connectivity index (χ3v) is 1.90. The molecule has 0 N–H and O–H groups in total. The molecule has 0 aliphatic rings. The van der Waals surface area contributed by atoms with Crippen LogP contribution in [0.3, 0.4) is 0 Å². The molecule has 0 fully saturated rings. The summed E-state index contributed by atoms with van der Waals surface area (Å²) in [6, 6.07) is 1.91. The smallest absolute Gasteiger partial charge is 0.130 e. The summed E-state index contributed by atoms with van der Waals surface area (Å²) in [6.45, 7) is 6.42. The minimum atomic E-state index is 0.652. The minimum absolute atomic E-state index is 0.652. The van der Waals surface area contributed by atoms with Gasteiger partial charge in [0.25, 0.3) is 0 Å². The molecule has 0 atom stereocenters. The number of aryl methyl sites for hydroxylation is 1. The summed E-state index contributed by atoms with van der Waals surface area (Å²) in [7, 11) is 0. The van der Waals surface area contributed by atoms with Crippen molar-refractivity contribution in [2.24, 2.45) is 0 Å². The van der Waals surface area contributed by atoms with Crippen LogP contribution in [0.25, 0.3) is 0 Å². The van der Waals surface area contributed by atoms with Crippen LogP contribution in [0, 0.1) is 6.92 Å². The molecule has 1 heterocycles. The molecule has 0 bridgehead atoms. The average molecular weight is 195 g/mol. The van der Waals surface area contributed by atoms with Gasteiger partial charge in [0.15, 0.2) is 0 Å². The zero-order valence-electron chi connectivity index (χ0n) is 8.13. The molecule has 0 saturated heterocycles. The van der Waals surface area contributed by atoms with Gasteiger partial charge in [-0.25, -0.2) is 0 Å². The summed E-state index contributed by atoms with van der Waals surface area (Å²) >= 11 is 5.09. The van der Waals surface area contributed by atoms with Gasteiger partial charge in [0.05, 0.1) is 6.61 Å². The highest BCUT2D eigenvalue weighted by atomic mass is 32.1. The van der Waals surface area contributed by atoms with Crippen LogP contribution in [0.5, 0.6) is 5.75 Å². The van der Waals surface area contributed by atoms with Crippen LogP contribution in [0.4, 0.5) is 0 Å². The molecule has 1 aromatic heterocycles. The summed E-state index contributed by atoms with van der Waals surface area (Å²) in [6.07, 6.45) is 1.77. The largest absolute Gasteiger partial charge is 0.493 e. The van der Waals surface area contributed by atoms with E-state index in [2.05, 4.69) is 4.98 Å². The first kappa shape index (κ1) is 10.1. The number of nitrogens with zero attached hydrogens (tertiary/aromatic N) is 1. The van der Waals surface area contributed by atoms with E-state index in [-0.39, 0.29) is 0 Å². The highest BCUT2D eigenvalue weighted by Crippen LogP contribution is 2.19. The first-order valence-electron chi connectivity index (χ1n) is 4.25. The van der Waals surface area contributed by atoms with Crippen molar-refractivity contribution < 1.29 is 4.74 Å². The lowest BCUT2D eigenvalue weighted by Crippen LogP contribution is -2.01. The molecule has 0 aromatic carbocycles. The van der Waals surface area contributed by atoms with Crippen molar-refractivity contribution in [2.45, 2.75) is 20.8 Å². The van der Waals surface area contributed by atoms with Crippen molar-refractivity contribution in [2.75, 3.05) is 6.61 Å². The van der Waals surface area contributed by atoms with Crippen molar-refractivity contribution in [3.63, 3.8) is 0 Å².